The van der Waals surface area contributed by atoms with E-state index in [0.717, 1.165) is 46.6 Å². The summed E-state index contributed by atoms with van der Waals surface area (Å²) in [6, 6.07) is 7.70. The predicted octanol–water partition coefficient (Wildman–Crippen LogP) is 6.38. The van der Waals surface area contributed by atoms with Gasteiger partial charge in [-0.05, 0) is 49.4 Å². The Balaban J connectivity index is 1.49. The lowest BCUT2D eigenvalue weighted by Gasteiger charge is -2.25. The molecule has 1 N–H and O–H groups in total. The molecule has 0 amide bonds. The first-order chi connectivity index (χ1) is 16.7. The molecule has 4 aromatic rings. The van der Waals surface area contributed by atoms with Crippen LogP contribution >= 0.6 is 22.9 Å². The fourth-order valence-corrected chi connectivity index (χ4v) is 4.68. The second-order valence-electron chi connectivity index (χ2n) is 8.26. The minimum absolute atomic E-state index is 0.485. The molecule has 174 valence electrons. The number of halogens is 1. The van der Waals surface area contributed by atoms with Crippen molar-refractivity contribution in [2.45, 2.75) is 32.6 Å². The van der Waals surface area contributed by atoms with Gasteiger partial charge in [-0.15, -0.1) is 0 Å². The van der Waals surface area contributed by atoms with Crippen LogP contribution in [-0.2, 0) is 0 Å². The van der Waals surface area contributed by atoms with E-state index in [0.29, 0.717) is 28.2 Å². The van der Waals surface area contributed by atoms with Crippen molar-refractivity contribution < 1.29 is 4.74 Å². The summed E-state index contributed by atoms with van der Waals surface area (Å²) in [6.45, 7) is 3.74. The van der Waals surface area contributed by atoms with Crippen LogP contribution in [0.3, 0.4) is 0 Å². The zero-order valence-corrected chi connectivity index (χ0v) is 20.4. The van der Waals surface area contributed by atoms with Gasteiger partial charge in [0.1, 0.15) is 11.4 Å². The second-order valence-corrected chi connectivity index (χ2v) is 9.70. The van der Waals surface area contributed by atoms with Gasteiger partial charge in [-0.1, -0.05) is 36.3 Å². The normalized spacial score (nSPS) is 13.5. The zero-order chi connectivity index (χ0) is 23.3. The number of rotatable bonds is 9. The fraction of sp³-hybridized carbons (Fsp3) is 0.320. The van der Waals surface area contributed by atoms with Gasteiger partial charge in [-0.25, -0.2) is 19.9 Å². The summed E-state index contributed by atoms with van der Waals surface area (Å²) < 4.78 is 5.95. The number of nitrogens with zero attached hydrogens (tertiary/aromatic N) is 5. The Labute approximate surface area is 207 Å². The molecule has 1 aliphatic carbocycles. The summed E-state index contributed by atoms with van der Waals surface area (Å²) in [5.74, 6) is 1.92. The third kappa shape index (κ3) is 5.18. The Morgan fingerprint density at radius 1 is 1.06 bits per heavy atom. The predicted molar refractivity (Wildman–Crippen MR) is 136 cm³/mol. The summed E-state index contributed by atoms with van der Waals surface area (Å²) in [7, 11) is 0. The minimum Gasteiger partial charge on any atom is -0.493 e. The van der Waals surface area contributed by atoms with E-state index in [1.165, 1.54) is 19.3 Å². The minimum atomic E-state index is 0.485. The molecule has 9 heteroatoms. The highest BCUT2D eigenvalue weighted by molar-refractivity contribution is 7.18. The maximum atomic E-state index is 6.70. The summed E-state index contributed by atoms with van der Waals surface area (Å²) in [5.41, 5.74) is 2.86. The topological polar surface area (TPSA) is 85.7 Å². The Morgan fingerprint density at radius 2 is 1.94 bits per heavy atom. The highest BCUT2D eigenvalue weighted by Crippen LogP contribution is 2.35. The molecule has 1 aliphatic rings. The lowest BCUT2D eigenvalue weighted by molar-refractivity contribution is 0.180. The van der Waals surface area contributed by atoms with E-state index >= 15 is 0 Å². The van der Waals surface area contributed by atoms with Crippen LogP contribution in [0.15, 0.2) is 49.1 Å². The van der Waals surface area contributed by atoms with Crippen molar-refractivity contribution in [2.75, 3.05) is 18.5 Å². The summed E-state index contributed by atoms with van der Waals surface area (Å²) in [6.07, 6.45) is 11.6. The van der Waals surface area contributed by atoms with Gasteiger partial charge in [-0.2, -0.15) is 0 Å². The molecule has 34 heavy (non-hydrogen) atoms. The number of hydrogen-bond acceptors (Lipinski definition) is 8. The average molecular weight is 493 g/mol. The van der Waals surface area contributed by atoms with E-state index in [9.17, 15) is 0 Å². The van der Waals surface area contributed by atoms with Crippen molar-refractivity contribution in [3.05, 3.63) is 54.1 Å². The first-order valence-corrected chi connectivity index (χ1v) is 12.7. The van der Waals surface area contributed by atoms with Crippen LogP contribution < -0.4 is 10.1 Å². The molecular formula is C25H25ClN6OS. The Morgan fingerprint density at radius 3 is 2.68 bits per heavy atom. The number of ether oxygens (including phenoxy) is 1. The number of thiazole rings is 1. The monoisotopic (exact) mass is 492 g/mol. The van der Waals surface area contributed by atoms with Crippen molar-refractivity contribution in [1.29, 1.82) is 0 Å². The van der Waals surface area contributed by atoms with Gasteiger partial charge in [0, 0.05) is 30.7 Å². The lowest BCUT2D eigenvalue weighted by Crippen LogP contribution is -2.19. The van der Waals surface area contributed by atoms with Crippen LogP contribution in [0.25, 0.3) is 33.3 Å². The smallest absolute Gasteiger partial charge is 0.183 e. The van der Waals surface area contributed by atoms with Crippen molar-refractivity contribution in [2.24, 2.45) is 5.92 Å². The van der Waals surface area contributed by atoms with Crippen LogP contribution in [0.5, 0.6) is 5.75 Å². The second kappa shape index (κ2) is 10.4. The van der Waals surface area contributed by atoms with Crippen molar-refractivity contribution in [1.82, 2.24) is 24.9 Å². The van der Waals surface area contributed by atoms with Gasteiger partial charge in [0.25, 0.3) is 0 Å². The van der Waals surface area contributed by atoms with Crippen LogP contribution in [0, 0.1) is 5.92 Å². The molecule has 0 atom stereocenters. The largest absolute Gasteiger partial charge is 0.493 e. The van der Waals surface area contributed by atoms with E-state index in [1.807, 2.05) is 30.5 Å². The van der Waals surface area contributed by atoms with Gasteiger partial charge < -0.3 is 10.1 Å². The van der Waals surface area contributed by atoms with Crippen LogP contribution in [0.4, 0.5) is 5.13 Å². The van der Waals surface area contributed by atoms with Gasteiger partial charge in [0.05, 0.1) is 34.1 Å². The van der Waals surface area contributed by atoms with Gasteiger partial charge in [0.2, 0.25) is 0 Å². The maximum Gasteiger partial charge on any atom is 0.183 e. The third-order valence-electron chi connectivity index (χ3n) is 5.73. The molecule has 1 fully saturated rings. The maximum absolute atomic E-state index is 6.70. The van der Waals surface area contributed by atoms with Crippen LogP contribution in [0.1, 0.15) is 32.6 Å². The molecule has 0 saturated heterocycles. The number of aromatic nitrogens is 5. The van der Waals surface area contributed by atoms with Gasteiger partial charge in [-0.3, -0.25) is 4.98 Å². The van der Waals surface area contributed by atoms with Crippen molar-refractivity contribution in [3.8, 4) is 39.1 Å². The van der Waals surface area contributed by atoms with Gasteiger partial charge >= 0.3 is 0 Å². The average Bonchev–Trinajstić information content (AvgIpc) is 3.31. The highest BCUT2D eigenvalue weighted by Gasteiger charge is 2.19. The molecule has 0 spiro atoms. The van der Waals surface area contributed by atoms with E-state index in [2.05, 4.69) is 27.2 Å². The molecule has 0 aliphatic heterocycles. The number of nitrogens with one attached hydrogen (secondary N) is 1. The Hall–Kier alpha value is -3.10. The van der Waals surface area contributed by atoms with E-state index < -0.39 is 0 Å². The molecule has 5 rings (SSSR count). The third-order valence-corrected chi connectivity index (χ3v) is 7.02. The SMILES string of the molecule is CCCNc1ncc(-c2cc(-c3ccc(OCC4CCC4)cc3Cl)nc(-c3cnccn3)n2)s1. The van der Waals surface area contributed by atoms with E-state index in [1.54, 1.807) is 29.9 Å². The van der Waals surface area contributed by atoms with Crippen molar-refractivity contribution >= 4 is 28.1 Å². The number of benzene rings is 1. The molecule has 0 radical (unpaired) electrons. The lowest BCUT2D eigenvalue weighted by atomic mass is 9.86. The van der Waals surface area contributed by atoms with E-state index in [4.69, 9.17) is 26.3 Å². The van der Waals surface area contributed by atoms with Crippen molar-refractivity contribution in [3.63, 3.8) is 0 Å². The summed E-state index contributed by atoms with van der Waals surface area (Å²) in [5, 5.41) is 4.77. The Bertz CT molecular complexity index is 1260. The first-order valence-electron chi connectivity index (χ1n) is 11.5. The highest BCUT2D eigenvalue weighted by atomic mass is 35.5. The molecule has 3 heterocycles. The molecule has 3 aromatic heterocycles. The summed E-state index contributed by atoms with van der Waals surface area (Å²) in [4.78, 5) is 23.5. The first kappa shape index (κ1) is 22.7. The van der Waals surface area contributed by atoms with Crippen LogP contribution in [-0.4, -0.2) is 38.1 Å². The fourth-order valence-electron chi connectivity index (χ4n) is 3.61. The molecule has 1 saturated carbocycles. The molecule has 0 bridgehead atoms. The molecule has 0 unspecified atom stereocenters. The van der Waals surface area contributed by atoms with Gasteiger partial charge in [0.15, 0.2) is 11.0 Å². The molecular weight excluding hydrogens is 468 g/mol. The van der Waals surface area contributed by atoms with Crippen LogP contribution in [0.2, 0.25) is 5.02 Å². The Kier molecular flexibility index (Phi) is 6.97. The number of hydrogen-bond donors (Lipinski definition) is 1. The van der Waals surface area contributed by atoms with E-state index in [-0.39, 0.29) is 0 Å². The summed E-state index contributed by atoms with van der Waals surface area (Å²) >= 11 is 8.25. The zero-order valence-electron chi connectivity index (χ0n) is 18.9. The number of anilines is 1. The molecule has 1 aromatic carbocycles. The standard InChI is InChI=1S/C25H25ClN6OS/c1-2-8-29-25-30-14-23(34-25)21-12-20(31-24(32-21)22-13-27-9-10-28-22)18-7-6-17(11-19(18)26)33-15-16-4-3-5-16/h6-7,9-14,16H,2-5,8,15H2,1H3,(H,29,30). The quantitative estimate of drug-likeness (QED) is 0.290. The molecule has 7 nitrogen and oxygen atoms in total.